The van der Waals surface area contributed by atoms with Crippen molar-refractivity contribution in [2.45, 2.75) is 45.6 Å². The van der Waals surface area contributed by atoms with Crippen LogP contribution in [0.1, 0.15) is 38.8 Å². The zero-order valence-electron chi connectivity index (χ0n) is 17.7. The largest absolute Gasteiger partial charge is 0.283 e. The van der Waals surface area contributed by atoms with Gasteiger partial charge < -0.3 is 0 Å². The molecule has 1 aliphatic rings. The maximum absolute atomic E-state index is 3.32. The van der Waals surface area contributed by atoms with Gasteiger partial charge in [0.1, 0.15) is 11.1 Å². The van der Waals surface area contributed by atoms with Gasteiger partial charge in [0, 0.05) is 57.5 Å². The molecule has 0 bridgehead atoms. The van der Waals surface area contributed by atoms with Crippen molar-refractivity contribution in [3.63, 3.8) is 0 Å². The van der Waals surface area contributed by atoms with Gasteiger partial charge in [-0.25, -0.2) is 8.97 Å². The molecule has 6 rings (SSSR count). The van der Waals surface area contributed by atoms with Crippen LogP contribution in [-0.2, 0) is 11.0 Å². The van der Waals surface area contributed by atoms with E-state index in [0.29, 0.717) is 0 Å². The molecule has 0 aliphatic carbocycles. The standard InChI is InChI=1S/C26H24N2.Pr/c1-16-14-15-18-23-22(16)17-10-6-7-11-19(17)27-20-12-8-9-13-21(20)28(24(23)27)26(4,5)25(18,2)3;/h6-7,9-15H,1-5H3;. The molecule has 1 radical (unpaired) electrons. The maximum atomic E-state index is 3.32. The van der Waals surface area contributed by atoms with E-state index in [-0.39, 0.29) is 52.2 Å². The molecule has 3 heteroatoms. The second-order valence-corrected chi connectivity index (χ2v) is 9.29. The number of pyridine rings is 1. The first-order valence-electron chi connectivity index (χ1n) is 10.1. The fraction of sp³-hybridized carbons (Fsp3) is 0.269. The zero-order valence-corrected chi connectivity index (χ0v) is 21.4. The molecule has 0 atom stereocenters. The summed E-state index contributed by atoms with van der Waals surface area (Å²) in [6.45, 7) is 11.8. The van der Waals surface area contributed by atoms with E-state index in [2.05, 4.69) is 98.2 Å². The summed E-state index contributed by atoms with van der Waals surface area (Å²) in [4.78, 5) is 0. The molecule has 0 saturated carbocycles. The number of aromatic nitrogens is 2. The van der Waals surface area contributed by atoms with Gasteiger partial charge in [0.25, 0.3) is 5.65 Å². The topological polar surface area (TPSA) is 8.29 Å². The van der Waals surface area contributed by atoms with Gasteiger partial charge in [-0.3, -0.25) is 0 Å². The minimum Gasteiger partial charge on any atom is -0.243 e. The number of para-hydroxylation sites is 1. The van der Waals surface area contributed by atoms with Crippen LogP contribution in [0.5, 0.6) is 0 Å². The molecule has 3 heterocycles. The normalized spacial score (nSPS) is 16.7. The van der Waals surface area contributed by atoms with Crippen molar-refractivity contribution in [3.8, 4) is 0 Å². The van der Waals surface area contributed by atoms with E-state index in [4.69, 9.17) is 0 Å². The van der Waals surface area contributed by atoms with Crippen LogP contribution in [-0.4, -0.2) is 4.40 Å². The van der Waals surface area contributed by atoms with Crippen molar-refractivity contribution in [3.05, 3.63) is 71.8 Å². The summed E-state index contributed by atoms with van der Waals surface area (Å²) in [5, 5.41) is 4.12. The van der Waals surface area contributed by atoms with Gasteiger partial charge in [-0.1, -0.05) is 44.2 Å². The first-order chi connectivity index (χ1) is 13.4. The third kappa shape index (κ3) is 2.12. The molecule has 1 aliphatic heterocycles. The van der Waals surface area contributed by atoms with E-state index < -0.39 is 0 Å². The fourth-order valence-electron chi connectivity index (χ4n) is 5.44. The predicted molar refractivity (Wildman–Crippen MR) is 116 cm³/mol. The zero-order chi connectivity index (χ0) is 19.4. The van der Waals surface area contributed by atoms with Crippen molar-refractivity contribution < 1.29 is 45.9 Å². The summed E-state index contributed by atoms with van der Waals surface area (Å²) < 4.78 is 5.04. The Kier molecular flexibility index (Phi) is 4.04. The Morgan fingerprint density at radius 1 is 0.897 bits per heavy atom. The third-order valence-electron chi connectivity index (χ3n) is 7.54. The summed E-state index contributed by atoms with van der Waals surface area (Å²) in [5.41, 5.74) is 7.80. The fourth-order valence-corrected chi connectivity index (χ4v) is 5.44. The van der Waals surface area contributed by atoms with Crippen molar-refractivity contribution in [1.29, 1.82) is 0 Å². The van der Waals surface area contributed by atoms with Gasteiger partial charge in [-0.2, -0.15) is 12.1 Å². The molecule has 0 fully saturated rings. The molecular formula is C26H24N2Pr. The number of benzene rings is 3. The molecule has 5 aromatic rings. The summed E-state index contributed by atoms with van der Waals surface area (Å²) in [6.07, 6.45) is 0. The Morgan fingerprint density at radius 3 is 2.45 bits per heavy atom. The second-order valence-electron chi connectivity index (χ2n) is 9.29. The van der Waals surface area contributed by atoms with Crippen molar-refractivity contribution in [2.75, 3.05) is 0 Å². The average molecular weight is 505 g/mol. The second kappa shape index (κ2) is 6.02. The van der Waals surface area contributed by atoms with Crippen LogP contribution in [0, 0.1) is 54.3 Å². The van der Waals surface area contributed by atoms with Crippen LogP contribution >= 0.6 is 0 Å². The smallest absolute Gasteiger partial charge is 0.243 e. The Morgan fingerprint density at radius 2 is 1.66 bits per heavy atom. The van der Waals surface area contributed by atoms with Crippen LogP contribution < -0.4 is 4.57 Å². The summed E-state index contributed by atoms with van der Waals surface area (Å²) >= 11 is 0. The monoisotopic (exact) mass is 505 g/mol. The molecule has 0 saturated heterocycles. The quantitative estimate of drug-likeness (QED) is 0.142. The molecule has 2 aromatic heterocycles. The Labute approximate surface area is 204 Å². The number of aryl methyl sites for hydroxylation is 1. The number of nitrogens with zero attached hydrogens (tertiary/aromatic N) is 2. The van der Waals surface area contributed by atoms with E-state index in [1.54, 1.807) is 0 Å². The van der Waals surface area contributed by atoms with E-state index in [1.807, 2.05) is 6.07 Å². The number of fused-ring (bicyclic) bond motifs is 6. The first-order valence-corrected chi connectivity index (χ1v) is 10.1. The molecule has 0 amide bonds. The van der Waals surface area contributed by atoms with E-state index in [1.165, 1.54) is 49.5 Å². The van der Waals surface area contributed by atoms with Crippen LogP contribution in [0.2, 0.25) is 0 Å². The van der Waals surface area contributed by atoms with Crippen molar-refractivity contribution >= 4 is 38.4 Å². The Balaban J connectivity index is 0.00000181. The SMILES string of the molecule is Cc1ccc2c3c1c1ccccc1n1c4c[c-]ccc4[n+](c31)C(C)(C)C2(C)C.[Pr]. The van der Waals surface area contributed by atoms with Crippen molar-refractivity contribution in [1.82, 2.24) is 4.40 Å². The molecule has 3 aromatic carbocycles. The third-order valence-corrected chi connectivity index (χ3v) is 7.54. The Bertz CT molecular complexity index is 1470. The molecule has 2 nitrogen and oxygen atoms in total. The van der Waals surface area contributed by atoms with E-state index in [9.17, 15) is 0 Å². The average Bonchev–Trinajstić information content (AvgIpc) is 3.03. The van der Waals surface area contributed by atoms with Gasteiger partial charge >= 0.3 is 0 Å². The number of hydrogen-bond acceptors (Lipinski definition) is 0. The molecule has 0 N–H and O–H groups in total. The molecule has 0 unspecified atom stereocenters. The van der Waals surface area contributed by atoms with Crippen LogP contribution in [0.25, 0.3) is 38.4 Å². The van der Waals surface area contributed by atoms with Gasteiger partial charge in [0.2, 0.25) is 0 Å². The van der Waals surface area contributed by atoms with Crippen LogP contribution in [0.3, 0.4) is 0 Å². The molecule has 141 valence electrons. The maximum Gasteiger partial charge on any atom is 0.283 e. The first kappa shape index (κ1) is 19.5. The summed E-state index contributed by atoms with van der Waals surface area (Å²) in [6, 6.07) is 23.2. The molecule has 0 spiro atoms. The van der Waals surface area contributed by atoms with Gasteiger partial charge in [0.15, 0.2) is 0 Å². The summed E-state index contributed by atoms with van der Waals surface area (Å²) in [5.74, 6) is 0. The van der Waals surface area contributed by atoms with E-state index in [0.717, 1.165) is 0 Å². The van der Waals surface area contributed by atoms with Gasteiger partial charge in [0.05, 0.1) is 16.4 Å². The number of hydrogen-bond donors (Lipinski definition) is 0. The minimum absolute atomic E-state index is 0. The number of rotatable bonds is 0. The molecular weight excluding hydrogens is 481 g/mol. The minimum atomic E-state index is -0.0704. The Hall–Kier alpha value is -1.51. The van der Waals surface area contributed by atoms with Crippen LogP contribution in [0.15, 0.2) is 54.6 Å². The van der Waals surface area contributed by atoms with Crippen LogP contribution in [0.4, 0.5) is 0 Å². The summed E-state index contributed by atoms with van der Waals surface area (Å²) in [7, 11) is 0. The number of imidazole rings is 1. The van der Waals surface area contributed by atoms with Gasteiger partial charge in [-0.05, 0) is 38.0 Å². The van der Waals surface area contributed by atoms with E-state index >= 15 is 0 Å². The molecule has 29 heavy (non-hydrogen) atoms. The van der Waals surface area contributed by atoms with Gasteiger partial charge in [-0.15, -0.1) is 12.1 Å². The van der Waals surface area contributed by atoms with Crippen molar-refractivity contribution in [2.24, 2.45) is 0 Å². The predicted octanol–water partition coefficient (Wildman–Crippen LogP) is 5.82.